The highest BCUT2D eigenvalue weighted by Crippen LogP contribution is 2.35. The van der Waals surface area contributed by atoms with Gasteiger partial charge in [0.15, 0.2) is 0 Å². The first kappa shape index (κ1) is 22.1. The number of nitrogens with zero attached hydrogens (tertiary/aromatic N) is 5. The summed E-state index contributed by atoms with van der Waals surface area (Å²) in [6, 6.07) is 6.94. The van der Waals surface area contributed by atoms with Crippen molar-refractivity contribution < 1.29 is 4.79 Å². The van der Waals surface area contributed by atoms with Gasteiger partial charge in [-0.05, 0) is 76.6 Å². The fourth-order valence-corrected chi connectivity index (χ4v) is 5.59. The fraction of sp³-hybridized carbons (Fsp3) is 0.519. The minimum absolute atomic E-state index is 0.0868. The van der Waals surface area contributed by atoms with E-state index in [1.54, 1.807) is 6.20 Å². The Bertz CT molecular complexity index is 1190. The molecule has 0 N–H and O–H groups in total. The summed E-state index contributed by atoms with van der Waals surface area (Å²) in [6.45, 7) is 9.96. The van der Waals surface area contributed by atoms with Crippen LogP contribution in [0.1, 0.15) is 76.8 Å². The van der Waals surface area contributed by atoms with Crippen LogP contribution in [0.3, 0.4) is 0 Å². The van der Waals surface area contributed by atoms with E-state index in [0.717, 1.165) is 63.4 Å². The molecule has 0 saturated carbocycles. The van der Waals surface area contributed by atoms with Gasteiger partial charge in [-0.1, -0.05) is 12.1 Å². The van der Waals surface area contributed by atoms with E-state index < -0.39 is 0 Å². The number of likely N-dealkylation sites (tertiary alicyclic amines) is 2. The monoisotopic (exact) mass is 445 g/mol. The van der Waals surface area contributed by atoms with Crippen LogP contribution in [0.4, 0.5) is 0 Å². The molecule has 4 heterocycles. The molecule has 0 bridgehead atoms. The number of rotatable bonds is 4. The first-order chi connectivity index (χ1) is 15.9. The van der Waals surface area contributed by atoms with Gasteiger partial charge < -0.3 is 9.47 Å². The van der Waals surface area contributed by atoms with Gasteiger partial charge in [0.25, 0.3) is 5.91 Å². The Balaban J connectivity index is 1.39. The van der Waals surface area contributed by atoms with Crippen molar-refractivity contribution >= 4 is 16.8 Å². The molecule has 0 radical (unpaired) electrons. The number of aromatic nitrogens is 3. The second-order valence-electron chi connectivity index (χ2n) is 9.85. The highest BCUT2D eigenvalue weighted by molar-refractivity contribution is 5.95. The molecule has 0 unspecified atom stereocenters. The topological polar surface area (TPSA) is 54.3 Å². The molecular formula is C27H35N5O. The minimum atomic E-state index is 0.0868. The average Bonchev–Trinajstić information content (AvgIpc) is 3.38. The van der Waals surface area contributed by atoms with Crippen LogP contribution >= 0.6 is 0 Å². The summed E-state index contributed by atoms with van der Waals surface area (Å²) < 4.78 is 2.31. The Kier molecular flexibility index (Phi) is 5.95. The van der Waals surface area contributed by atoms with E-state index in [2.05, 4.69) is 48.6 Å². The number of carbonyl (C=O) groups excluding carboxylic acids is 1. The SMILES string of the molecule is Cc1ccc2c(CN3CCC[C@H]3c3ncc(C(=O)N4CCCCC4)c(C)n3)c(C)n(C)c2c1. The molecule has 0 spiro atoms. The molecule has 6 nitrogen and oxygen atoms in total. The van der Waals surface area contributed by atoms with Gasteiger partial charge in [0.1, 0.15) is 5.82 Å². The number of aryl methyl sites for hydroxylation is 3. The lowest BCUT2D eigenvalue weighted by Crippen LogP contribution is -2.36. The van der Waals surface area contributed by atoms with Crippen LogP contribution in [-0.4, -0.2) is 49.9 Å². The van der Waals surface area contributed by atoms with Crippen molar-refractivity contribution in [2.24, 2.45) is 7.05 Å². The lowest BCUT2D eigenvalue weighted by atomic mass is 10.1. The third-order valence-electron chi connectivity index (χ3n) is 7.67. The molecule has 2 fully saturated rings. The molecule has 2 aliphatic heterocycles. The van der Waals surface area contributed by atoms with Crippen LogP contribution in [-0.2, 0) is 13.6 Å². The Morgan fingerprint density at radius 3 is 2.61 bits per heavy atom. The average molecular weight is 446 g/mol. The van der Waals surface area contributed by atoms with Crippen molar-refractivity contribution in [1.82, 2.24) is 24.3 Å². The summed E-state index contributed by atoms with van der Waals surface area (Å²) in [5.74, 6) is 0.942. The number of hydrogen-bond donors (Lipinski definition) is 0. The maximum absolute atomic E-state index is 13.0. The number of amides is 1. The Hall–Kier alpha value is -2.73. The van der Waals surface area contributed by atoms with Crippen LogP contribution in [0.25, 0.3) is 10.9 Å². The van der Waals surface area contributed by atoms with E-state index in [4.69, 9.17) is 9.97 Å². The Morgan fingerprint density at radius 2 is 1.85 bits per heavy atom. The summed E-state index contributed by atoms with van der Waals surface area (Å²) in [7, 11) is 2.16. The van der Waals surface area contributed by atoms with Crippen molar-refractivity contribution in [2.45, 2.75) is 65.5 Å². The highest BCUT2D eigenvalue weighted by atomic mass is 16.2. The molecule has 1 amide bonds. The molecule has 33 heavy (non-hydrogen) atoms. The lowest BCUT2D eigenvalue weighted by Gasteiger charge is -2.27. The van der Waals surface area contributed by atoms with E-state index in [0.29, 0.717) is 5.56 Å². The van der Waals surface area contributed by atoms with Crippen molar-refractivity contribution in [3.8, 4) is 0 Å². The Labute approximate surface area is 196 Å². The third-order valence-corrected chi connectivity index (χ3v) is 7.67. The number of fused-ring (bicyclic) bond motifs is 1. The number of carbonyl (C=O) groups is 1. The first-order valence-electron chi connectivity index (χ1n) is 12.4. The van der Waals surface area contributed by atoms with Crippen molar-refractivity contribution in [1.29, 1.82) is 0 Å². The zero-order valence-electron chi connectivity index (χ0n) is 20.4. The summed E-state index contributed by atoms with van der Waals surface area (Å²) in [6.07, 6.45) is 7.37. The van der Waals surface area contributed by atoms with Crippen LogP contribution in [0.5, 0.6) is 0 Å². The standard InChI is InChI=1S/C27H35N5O/c1-18-10-11-21-23(20(3)30(4)25(21)15-18)17-32-14-8-9-24(32)26-28-16-22(19(2)29-26)27(33)31-12-6-5-7-13-31/h10-11,15-16,24H,5-9,12-14,17H2,1-4H3/t24-/m0/s1. The van der Waals surface area contributed by atoms with Gasteiger partial charge in [-0.25, -0.2) is 9.97 Å². The predicted molar refractivity (Wildman–Crippen MR) is 131 cm³/mol. The Morgan fingerprint density at radius 1 is 1.06 bits per heavy atom. The van der Waals surface area contributed by atoms with Gasteiger partial charge in [-0.3, -0.25) is 9.69 Å². The number of piperidine rings is 1. The van der Waals surface area contributed by atoms with Crippen LogP contribution < -0.4 is 0 Å². The largest absolute Gasteiger partial charge is 0.348 e. The highest BCUT2D eigenvalue weighted by Gasteiger charge is 2.31. The van der Waals surface area contributed by atoms with Gasteiger partial charge in [-0.15, -0.1) is 0 Å². The molecule has 6 heteroatoms. The van der Waals surface area contributed by atoms with Crippen molar-refractivity contribution in [2.75, 3.05) is 19.6 Å². The normalized spacial score (nSPS) is 19.5. The molecule has 1 atom stereocenters. The summed E-state index contributed by atoms with van der Waals surface area (Å²) in [5, 5.41) is 1.34. The fourth-order valence-electron chi connectivity index (χ4n) is 5.59. The second kappa shape index (κ2) is 8.90. The van der Waals surface area contributed by atoms with E-state index in [1.165, 1.54) is 34.1 Å². The molecule has 3 aromatic rings. The molecular weight excluding hydrogens is 410 g/mol. The first-order valence-corrected chi connectivity index (χ1v) is 12.4. The number of benzene rings is 1. The van der Waals surface area contributed by atoms with Crippen LogP contribution in [0, 0.1) is 20.8 Å². The summed E-state index contributed by atoms with van der Waals surface area (Å²) in [4.78, 5) is 27.0. The van der Waals surface area contributed by atoms with E-state index in [-0.39, 0.29) is 11.9 Å². The van der Waals surface area contributed by atoms with E-state index in [9.17, 15) is 4.79 Å². The van der Waals surface area contributed by atoms with Crippen LogP contribution in [0.15, 0.2) is 24.4 Å². The zero-order chi connectivity index (χ0) is 23.1. The maximum Gasteiger partial charge on any atom is 0.257 e. The van der Waals surface area contributed by atoms with Gasteiger partial charge in [0.05, 0.1) is 17.3 Å². The smallest absolute Gasteiger partial charge is 0.257 e. The lowest BCUT2D eigenvalue weighted by molar-refractivity contribution is 0.0722. The molecule has 5 rings (SSSR count). The molecule has 2 saturated heterocycles. The van der Waals surface area contributed by atoms with E-state index >= 15 is 0 Å². The van der Waals surface area contributed by atoms with Gasteiger partial charge in [0, 0.05) is 49.5 Å². The molecule has 2 aliphatic rings. The molecule has 1 aromatic carbocycles. The zero-order valence-corrected chi connectivity index (χ0v) is 20.4. The van der Waals surface area contributed by atoms with Crippen LogP contribution in [0.2, 0.25) is 0 Å². The summed E-state index contributed by atoms with van der Waals surface area (Å²) >= 11 is 0. The van der Waals surface area contributed by atoms with Crippen molar-refractivity contribution in [3.63, 3.8) is 0 Å². The summed E-state index contributed by atoms with van der Waals surface area (Å²) in [5.41, 5.74) is 6.77. The van der Waals surface area contributed by atoms with E-state index in [1.807, 2.05) is 11.8 Å². The van der Waals surface area contributed by atoms with Gasteiger partial charge in [0.2, 0.25) is 0 Å². The second-order valence-corrected chi connectivity index (χ2v) is 9.85. The number of hydrogen-bond acceptors (Lipinski definition) is 4. The molecule has 0 aliphatic carbocycles. The predicted octanol–water partition coefficient (Wildman–Crippen LogP) is 4.86. The van der Waals surface area contributed by atoms with Crippen molar-refractivity contribution in [3.05, 3.63) is 58.3 Å². The molecule has 2 aromatic heterocycles. The molecule has 174 valence electrons. The van der Waals surface area contributed by atoms with Gasteiger partial charge in [-0.2, -0.15) is 0 Å². The maximum atomic E-state index is 13.0. The minimum Gasteiger partial charge on any atom is -0.348 e. The quantitative estimate of drug-likeness (QED) is 0.576. The van der Waals surface area contributed by atoms with Gasteiger partial charge >= 0.3 is 0 Å². The third kappa shape index (κ3) is 4.05.